The van der Waals surface area contributed by atoms with Crippen LogP contribution < -0.4 is 0 Å². The molecule has 0 amide bonds. The third-order valence-electron chi connectivity index (χ3n) is 1.34. The van der Waals surface area contributed by atoms with Crippen LogP contribution in [0.3, 0.4) is 0 Å². The minimum absolute atomic E-state index is 0.376. The van der Waals surface area contributed by atoms with Crippen molar-refractivity contribution in [3.05, 3.63) is 18.1 Å². The zero-order chi connectivity index (χ0) is 9.68. The maximum atomic E-state index is 7.07. The molecule has 1 rings (SSSR count). The topological polar surface area (TPSA) is 62.0 Å². The van der Waals surface area contributed by atoms with E-state index in [2.05, 4.69) is 15.0 Å². The number of aromatic nitrogens is 2. The molecule has 0 aromatic carbocycles. The van der Waals surface area contributed by atoms with E-state index in [-0.39, 0.29) is 0 Å². The molecule has 0 bridgehead atoms. The Kier molecular flexibility index (Phi) is 3.25. The standard InChI is InChI=1S/C9H12N4/c1-7(2)6-13-9-8(5-10)11-3-4-12-9/h3-7,10H,1-2H3. The van der Waals surface area contributed by atoms with Gasteiger partial charge in [-0.3, -0.25) is 0 Å². The summed E-state index contributed by atoms with van der Waals surface area (Å²) in [6, 6.07) is 0. The van der Waals surface area contributed by atoms with Crippen LogP contribution in [0.4, 0.5) is 5.82 Å². The average Bonchev–Trinajstić information content (AvgIpc) is 2.15. The van der Waals surface area contributed by atoms with Crippen molar-refractivity contribution >= 4 is 18.2 Å². The van der Waals surface area contributed by atoms with Crippen molar-refractivity contribution in [3.63, 3.8) is 0 Å². The van der Waals surface area contributed by atoms with Crippen LogP contribution in [0.2, 0.25) is 0 Å². The second-order valence-corrected chi connectivity index (χ2v) is 2.93. The summed E-state index contributed by atoms with van der Waals surface area (Å²) in [6.45, 7) is 4.06. The Morgan fingerprint density at radius 1 is 1.38 bits per heavy atom. The van der Waals surface area contributed by atoms with Crippen molar-refractivity contribution in [3.8, 4) is 0 Å². The molecule has 0 aliphatic rings. The molecule has 0 aliphatic carbocycles. The van der Waals surface area contributed by atoms with Crippen molar-refractivity contribution in [1.82, 2.24) is 9.97 Å². The number of aliphatic imine (C=N–C) groups is 1. The first-order valence-electron chi connectivity index (χ1n) is 4.09. The van der Waals surface area contributed by atoms with E-state index in [1.807, 2.05) is 13.8 Å². The van der Waals surface area contributed by atoms with Gasteiger partial charge in [0.2, 0.25) is 0 Å². The Labute approximate surface area is 77.3 Å². The van der Waals surface area contributed by atoms with E-state index >= 15 is 0 Å². The van der Waals surface area contributed by atoms with Crippen LogP contribution in [-0.4, -0.2) is 22.4 Å². The molecular formula is C9H12N4. The zero-order valence-corrected chi connectivity index (χ0v) is 7.73. The molecule has 0 spiro atoms. The minimum atomic E-state index is 0.376. The van der Waals surface area contributed by atoms with Crippen molar-refractivity contribution < 1.29 is 0 Å². The van der Waals surface area contributed by atoms with Gasteiger partial charge in [-0.2, -0.15) is 0 Å². The van der Waals surface area contributed by atoms with Gasteiger partial charge >= 0.3 is 0 Å². The quantitative estimate of drug-likeness (QED) is 0.714. The molecule has 0 radical (unpaired) electrons. The van der Waals surface area contributed by atoms with Crippen LogP contribution in [0.1, 0.15) is 19.5 Å². The van der Waals surface area contributed by atoms with Crippen LogP contribution in [-0.2, 0) is 0 Å². The van der Waals surface area contributed by atoms with Gasteiger partial charge in [0.15, 0.2) is 5.82 Å². The lowest BCUT2D eigenvalue weighted by atomic mass is 10.2. The van der Waals surface area contributed by atoms with Crippen molar-refractivity contribution in [2.24, 2.45) is 10.9 Å². The molecule has 1 N–H and O–H groups in total. The summed E-state index contributed by atoms with van der Waals surface area (Å²) in [5, 5.41) is 7.07. The molecule has 68 valence electrons. The van der Waals surface area contributed by atoms with Crippen molar-refractivity contribution in [1.29, 1.82) is 5.41 Å². The molecular weight excluding hydrogens is 164 g/mol. The van der Waals surface area contributed by atoms with E-state index in [1.54, 1.807) is 18.6 Å². The van der Waals surface area contributed by atoms with Crippen LogP contribution in [0.25, 0.3) is 0 Å². The highest BCUT2D eigenvalue weighted by Crippen LogP contribution is 2.09. The van der Waals surface area contributed by atoms with Crippen LogP contribution in [0.15, 0.2) is 17.4 Å². The third-order valence-corrected chi connectivity index (χ3v) is 1.34. The van der Waals surface area contributed by atoms with Crippen LogP contribution >= 0.6 is 0 Å². The maximum absolute atomic E-state index is 7.07. The molecule has 0 aliphatic heterocycles. The first-order chi connectivity index (χ1) is 6.24. The predicted molar refractivity (Wildman–Crippen MR) is 52.9 cm³/mol. The average molecular weight is 176 g/mol. The number of hydrogen-bond donors (Lipinski definition) is 1. The van der Waals surface area contributed by atoms with Gasteiger partial charge in [-0.05, 0) is 5.92 Å². The van der Waals surface area contributed by atoms with E-state index < -0.39 is 0 Å². The molecule has 4 heteroatoms. The van der Waals surface area contributed by atoms with Gasteiger partial charge in [-0.1, -0.05) is 13.8 Å². The summed E-state index contributed by atoms with van der Waals surface area (Å²) in [5.74, 6) is 0.881. The van der Waals surface area contributed by atoms with Crippen molar-refractivity contribution in [2.45, 2.75) is 13.8 Å². The predicted octanol–water partition coefficient (Wildman–Crippen LogP) is 1.83. The zero-order valence-electron chi connectivity index (χ0n) is 7.73. The van der Waals surface area contributed by atoms with Crippen LogP contribution in [0, 0.1) is 11.3 Å². The summed E-state index contributed by atoms with van der Waals surface area (Å²) in [4.78, 5) is 12.1. The third kappa shape index (κ3) is 2.74. The van der Waals surface area contributed by atoms with Crippen molar-refractivity contribution in [2.75, 3.05) is 0 Å². The van der Waals surface area contributed by atoms with E-state index in [9.17, 15) is 0 Å². The smallest absolute Gasteiger partial charge is 0.179 e. The molecule has 0 saturated heterocycles. The molecule has 0 atom stereocenters. The fourth-order valence-electron chi connectivity index (χ4n) is 0.762. The lowest BCUT2D eigenvalue weighted by Gasteiger charge is -1.97. The first-order valence-corrected chi connectivity index (χ1v) is 4.09. The molecule has 13 heavy (non-hydrogen) atoms. The fourth-order valence-corrected chi connectivity index (χ4v) is 0.762. The van der Waals surface area contributed by atoms with Gasteiger partial charge < -0.3 is 5.41 Å². The highest BCUT2D eigenvalue weighted by atomic mass is 14.9. The van der Waals surface area contributed by atoms with Gasteiger partial charge in [0.25, 0.3) is 0 Å². The molecule has 1 aromatic rings. The fraction of sp³-hybridized carbons (Fsp3) is 0.333. The molecule has 4 nitrogen and oxygen atoms in total. The maximum Gasteiger partial charge on any atom is 0.179 e. The lowest BCUT2D eigenvalue weighted by molar-refractivity contribution is 0.906. The van der Waals surface area contributed by atoms with Crippen LogP contribution in [0.5, 0.6) is 0 Å². The van der Waals surface area contributed by atoms with Gasteiger partial charge in [0.05, 0.1) is 0 Å². The molecule has 0 unspecified atom stereocenters. The Balaban J connectivity index is 2.93. The Hall–Kier alpha value is -1.58. The summed E-state index contributed by atoms with van der Waals surface area (Å²) in [5.41, 5.74) is 0.499. The van der Waals surface area contributed by atoms with E-state index in [0.29, 0.717) is 17.4 Å². The monoisotopic (exact) mass is 176 g/mol. The second-order valence-electron chi connectivity index (χ2n) is 2.93. The molecule has 1 aromatic heterocycles. The van der Waals surface area contributed by atoms with Gasteiger partial charge in [0.1, 0.15) is 5.69 Å². The number of hydrogen-bond acceptors (Lipinski definition) is 4. The first kappa shape index (κ1) is 9.51. The van der Waals surface area contributed by atoms with Gasteiger partial charge in [-0.25, -0.2) is 15.0 Å². The lowest BCUT2D eigenvalue weighted by Crippen LogP contribution is -1.92. The van der Waals surface area contributed by atoms with Gasteiger partial charge in [-0.15, -0.1) is 0 Å². The largest absolute Gasteiger partial charge is 0.306 e. The summed E-state index contributed by atoms with van der Waals surface area (Å²) in [7, 11) is 0. The normalized spacial score (nSPS) is 11.0. The minimum Gasteiger partial charge on any atom is -0.306 e. The molecule has 1 heterocycles. The van der Waals surface area contributed by atoms with E-state index in [1.165, 1.54) is 0 Å². The second kappa shape index (κ2) is 4.45. The number of rotatable bonds is 3. The summed E-state index contributed by atoms with van der Waals surface area (Å²) in [6.07, 6.45) is 6.06. The molecule has 0 saturated carbocycles. The number of nitrogens with one attached hydrogen (secondary N) is 1. The Bertz CT molecular complexity index is 317. The highest BCUT2D eigenvalue weighted by Gasteiger charge is 1.98. The SMILES string of the molecule is CC(C)C=Nc1nccnc1C=N. The Morgan fingerprint density at radius 2 is 2.08 bits per heavy atom. The molecule has 0 fully saturated rings. The summed E-state index contributed by atoms with van der Waals surface area (Å²) < 4.78 is 0. The van der Waals surface area contributed by atoms with Gasteiger partial charge in [0, 0.05) is 24.8 Å². The number of nitrogens with zero attached hydrogens (tertiary/aromatic N) is 3. The van der Waals surface area contributed by atoms with E-state index in [4.69, 9.17) is 5.41 Å². The Morgan fingerprint density at radius 3 is 2.69 bits per heavy atom. The highest BCUT2D eigenvalue weighted by molar-refractivity contribution is 5.81. The van der Waals surface area contributed by atoms with E-state index in [0.717, 1.165) is 6.21 Å². The summed E-state index contributed by atoms with van der Waals surface area (Å²) >= 11 is 0.